The zero-order valence-corrected chi connectivity index (χ0v) is 30.6. The van der Waals surface area contributed by atoms with E-state index in [0.29, 0.717) is 38.8 Å². The molecule has 45 heavy (non-hydrogen) atoms. The molecule has 0 aromatic rings. The first-order valence-corrected chi connectivity index (χ1v) is 16.2. The first-order valence-electron chi connectivity index (χ1n) is 16.2. The van der Waals surface area contributed by atoms with E-state index in [2.05, 4.69) is 10.6 Å². The van der Waals surface area contributed by atoms with Crippen molar-refractivity contribution in [3.05, 3.63) is 0 Å². The Hall–Kier alpha value is -1.92. The van der Waals surface area contributed by atoms with Gasteiger partial charge in [0.1, 0.15) is 12.2 Å². The van der Waals surface area contributed by atoms with Gasteiger partial charge < -0.3 is 39.9 Å². The molecule has 13 heteroatoms. The molecule has 0 aliphatic heterocycles. The SMILES string of the molecule is CCCC(=O)NCC(CC)C(CCC)OC(=O)CCC(=O)[O-].CCCC(=O)NCC(CC)C(CCC)OC(=O)CCC(=O)[O-].[Ca+2]. The molecule has 0 spiro atoms. The standard InChI is InChI=1S/2C16H29NO5.Ca/c2*1-4-7-13(22-16(21)10-9-15(19)20)12(6-3)11-17-14(18)8-5-2;/h2*12-13H,4-11H2,1-3H3,(H,17,18)(H,19,20);/q;;+2/p-2. The summed E-state index contributed by atoms with van der Waals surface area (Å²) in [4.78, 5) is 67.2. The zero-order valence-electron chi connectivity index (χ0n) is 28.4. The van der Waals surface area contributed by atoms with Crippen molar-refractivity contribution in [2.45, 2.75) is 144 Å². The third kappa shape index (κ3) is 27.0. The molecule has 0 rings (SSSR count). The Kier molecular flexibility index (Phi) is 32.4. The molecule has 4 unspecified atom stereocenters. The monoisotopic (exact) mass is 668 g/mol. The summed E-state index contributed by atoms with van der Waals surface area (Å²) in [5.74, 6) is -3.51. The first kappa shape index (κ1) is 47.5. The quantitative estimate of drug-likeness (QED) is 0.114. The summed E-state index contributed by atoms with van der Waals surface area (Å²) < 4.78 is 10.8. The van der Waals surface area contributed by atoms with Gasteiger partial charge in [-0.1, -0.05) is 54.4 Å². The van der Waals surface area contributed by atoms with Gasteiger partial charge in [0.05, 0.1) is 12.8 Å². The Morgan fingerprint density at radius 1 is 0.533 bits per heavy atom. The van der Waals surface area contributed by atoms with Crippen LogP contribution in [0.25, 0.3) is 0 Å². The minimum absolute atomic E-state index is 0. The molecule has 0 fully saturated rings. The van der Waals surface area contributed by atoms with E-state index >= 15 is 0 Å². The Morgan fingerprint density at radius 3 is 1.11 bits per heavy atom. The van der Waals surface area contributed by atoms with Crippen molar-refractivity contribution >= 4 is 73.4 Å². The van der Waals surface area contributed by atoms with Gasteiger partial charge in [0.2, 0.25) is 11.8 Å². The minimum Gasteiger partial charge on any atom is -0.550 e. The van der Waals surface area contributed by atoms with E-state index in [4.69, 9.17) is 9.47 Å². The van der Waals surface area contributed by atoms with Crippen molar-refractivity contribution in [1.29, 1.82) is 0 Å². The number of carbonyl (C=O) groups excluding carboxylic acids is 6. The molecule has 0 saturated carbocycles. The average molecular weight is 669 g/mol. The summed E-state index contributed by atoms with van der Waals surface area (Å²) in [5.41, 5.74) is 0. The van der Waals surface area contributed by atoms with E-state index in [9.17, 15) is 39.0 Å². The number of hydrogen-bond donors (Lipinski definition) is 2. The fraction of sp³-hybridized carbons (Fsp3) is 0.812. The number of carbonyl (C=O) groups is 6. The molecule has 12 nitrogen and oxygen atoms in total. The van der Waals surface area contributed by atoms with Crippen LogP contribution in [-0.4, -0.2) is 98.7 Å². The first-order chi connectivity index (χ1) is 20.9. The van der Waals surface area contributed by atoms with E-state index in [1.807, 2.05) is 41.5 Å². The molecule has 4 atom stereocenters. The van der Waals surface area contributed by atoms with Gasteiger partial charge in [-0.25, -0.2) is 0 Å². The van der Waals surface area contributed by atoms with Gasteiger partial charge in [-0.3, -0.25) is 19.2 Å². The maximum atomic E-state index is 11.7. The number of hydrogen-bond acceptors (Lipinski definition) is 10. The number of aliphatic carboxylic acids is 2. The number of carboxylic acid groups (broad SMARTS) is 2. The van der Waals surface area contributed by atoms with Crippen LogP contribution in [0.15, 0.2) is 0 Å². The predicted octanol–water partition coefficient (Wildman–Crippen LogP) is 1.96. The van der Waals surface area contributed by atoms with Gasteiger partial charge in [-0.2, -0.15) is 0 Å². The fourth-order valence-electron chi connectivity index (χ4n) is 4.41. The van der Waals surface area contributed by atoms with Crippen LogP contribution in [0.4, 0.5) is 0 Å². The molecule has 0 bridgehead atoms. The van der Waals surface area contributed by atoms with Gasteiger partial charge in [0.15, 0.2) is 0 Å². The van der Waals surface area contributed by atoms with Crippen LogP contribution in [0, 0.1) is 11.8 Å². The summed E-state index contributed by atoms with van der Waals surface area (Å²) in [7, 11) is 0. The second-order valence-electron chi connectivity index (χ2n) is 10.8. The molecule has 0 radical (unpaired) electrons. The summed E-state index contributed by atoms with van der Waals surface area (Å²) in [5, 5.41) is 26.5. The van der Waals surface area contributed by atoms with Crippen molar-refractivity contribution in [3.8, 4) is 0 Å². The van der Waals surface area contributed by atoms with E-state index in [1.54, 1.807) is 0 Å². The summed E-state index contributed by atoms with van der Waals surface area (Å²) in [6, 6.07) is 0. The van der Waals surface area contributed by atoms with Crippen LogP contribution in [-0.2, 0) is 38.2 Å². The third-order valence-electron chi connectivity index (χ3n) is 6.96. The van der Waals surface area contributed by atoms with Gasteiger partial charge in [-0.05, 0) is 51.4 Å². The van der Waals surface area contributed by atoms with Gasteiger partial charge in [-0.15, -0.1) is 0 Å². The summed E-state index contributed by atoms with van der Waals surface area (Å²) >= 11 is 0. The van der Waals surface area contributed by atoms with Crippen molar-refractivity contribution in [2.24, 2.45) is 11.8 Å². The number of carboxylic acids is 2. The molecule has 0 aliphatic carbocycles. The van der Waals surface area contributed by atoms with E-state index in [0.717, 1.165) is 38.5 Å². The fourth-order valence-corrected chi connectivity index (χ4v) is 4.41. The van der Waals surface area contributed by atoms with Crippen molar-refractivity contribution in [3.63, 3.8) is 0 Å². The molecule has 0 aromatic heterocycles. The number of amides is 2. The second kappa shape index (κ2) is 30.7. The van der Waals surface area contributed by atoms with E-state index in [-0.39, 0.29) is 99.3 Å². The Morgan fingerprint density at radius 2 is 0.867 bits per heavy atom. The van der Waals surface area contributed by atoms with Gasteiger partial charge >= 0.3 is 49.7 Å². The topological polar surface area (TPSA) is 191 Å². The van der Waals surface area contributed by atoms with Crippen LogP contribution < -0.4 is 20.8 Å². The number of nitrogens with one attached hydrogen (secondary N) is 2. The maximum Gasteiger partial charge on any atom is 2.00 e. The largest absolute Gasteiger partial charge is 2.00 e. The normalized spacial score (nSPS) is 12.9. The van der Waals surface area contributed by atoms with Crippen molar-refractivity contribution in [2.75, 3.05) is 13.1 Å². The van der Waals surface area contributed by atoms with Crippen LogP contribution in [0.5, 0.6) is 0 Å². The molecule has 2 N–H and O–H groups in total. The molecular weight excluding hydrogens is 612 g/mol. The Balaban J connectivity index is -0.000000767. The summed E-state index contributed by atoms with van der Waals surface area (Å²) in [6.07, 6.45) is 5.55. The van der Waals surface area contributed by atoms with Gasteiger partial charge in [0, 0.05) is 49.7 Å². The van der Waals surface area contributed by atoms with Crippen LogP contribution in [0.2, 0.25) is 0 Å². The molecule has 0 saturated heterocycles. The van der Waals surface area contributed by atoms with Gasteiger partial charge in [0.25, 0.3) is 0 Å². The number of rotatable bonds is 24. The predicted molar refractivity (Wildman–Crippen MR) is 167 cm³/mol. The van der Waals surface area contributed by atoms with Crippen LogP contribution in [0.1, 0.15) is 131 Å². The summed E-state index contributed by atoms with van der Waals surface area (Å²) in [6.45, 7) is 12.8. The second-order valence-corrected chi connectivity index (χ2v) is 10.8. The van der Waals surface area contributed by atoms with Crippen molar-refractivity contribution in [1.82, 2.24) is 10.6 Å². The molecule has 2 amide bonds. The third-order valence-corrected chi connectivity index (χ3v) is 6.96. The minimum atomic E-state index is -1.26. The Bertz CT molecular complexity index is 788. The molecule has 0 aromatic carbocycles. The zero-order chi connectivity index (χ0) is 33.9. The van der Waals surface area contributed by atoms with Crippen LogP contribution in [0.3, 0.4) is 0 Å². The maximum absolute atomic E-state index is 11.7. The van der Waals surface area contributed by atoms with E-state index < -0.39 is 23.9 Å². The molecule has 256 valence electrons. The smallest absolute Gasteiger partial charge is 0.550 e. The molecule has 0 heterocycles. The molecular formula is C32H56CaN2O10. The molecule has 0 aliphatic rings. The van der Waals surface area contributed by atoms with E-state index in [1.165, 1.54) is 0 Å². The van der Waals surface area contributed by atoms with Crippen molar-refractivity contribution < 1.29 is 48.5 Å². The van der Waals surface area contributed by atoms with Crippen LogP contribution >= 0.6 is 0 Å². The number of esters is 2. The number of ether oxygens (including phenoxy) is 2. The Labute approximate surface area is 299 Å². The average Bonchev–Trinajstić information content (AvgIpc) is 2.96.